The average molecular weight is 269 g/mol. The second kappa shape index (κ2) is 7.13. The third kappa shape index (κ3) is 3.98. The summed E-state index contributed by atoms with van der Waals surface area (Å²) >= 11 is 6.10. The number of ether oxygens (including phenoxy) is 2. The molecule has 1 aliphatic heterocycles. The zero-order chi connectivity index (χ0) is 12.7. The molecule has 1 aromatic carbocycles. The molecular weight excluding hydrogens is 248 g/mol. The van der Waals surface area contributed by atoms with Crippen LogP contribution in [0, 0.1) is 5.41 Å². The van der Waals surface area contributed by atoms with Crippen LogP contribution in [0.25, 0.3) is 0 Å². The van der Waals surface area contributed by atoms with Gasteiger partial charge in [-0.3, -0.25) is 0 Å². The lowest BCUT2D eigenvalue weighted by Gasteiger charge is -2.35. The van der Waals surface area contributed by atoms with E-state index in [4.69, 9.17) is 21.1 Å². The normalized spacial score (nSPS) is 24.1. The maximum Gasteiger partial charge on any atom is 0.0716 e. The van der Waals surface area contributed by atoms with Crippen LogP contribution in [0.4, 0.5) is 0 Å². The van der Waals surface area contributed by atoms with Crippen LogP contribution in [-0.4, -0.2) is 25.7 Å². The summed E-state index contributed by atoms with van der Waals surface area (Å²) in [5.74, 6) is 0.668. The minimum absolute atomic E-state index is 0.135. The first kappa shape index (κ1) is 13.9. The Morgan fingerprint density at radius 1 is 1.28 bits per heavy atom. The van der Waals surface area contributed by atoms with Crippen molar-refractivity contribution >= 4 is 11.6 Å². The number of alkyl halides is 1. The van der Waals surface area contributed by atoms with Gasteiger partial charge in [-0.2, -0.15) is 0 Å². The summed E-state index contributed by atoms with van der Waals surface area (Å²) in [5, 5.41) is 0. The lowest BCUT2D eigenvalue weighted by Crippen LogP contribution is -2.34. The molecule has 0 aromatic heterocycles. The highest BCUT2D eigenvalue weighted by atomic mass is 35.5. The van der Waals surface area contributed by atoms with Gasteiger partial charge >= 0.3 is 0 Å². The van der Waals surface area contributed by atoms with E-state index in [1.54, 1.807) is 0 Å². The molecular formula is C15H21ClO2. The molecule has 2 rings (SSSR count). The average Bonchev–Trinajstić information content (AvgIpc) is 2.46. The lowest BCUT2D eigenvalue weighted by atomic mass is 9.82. The molecule has 0 amide bonds. The molecule has 1 aromatic rings. The Hall–Kier alpha value is -0.570. The number of benzene rings is 1. The minimum atomic E-state index is 0.135. The molecule has 0 saturated carbocycles. The van der Waals surface area contributed by atoms with Gasteiger partial charge in [-0.05, 0) is 24.8 Å². The number of hydrogen-bond donors (Lipinski definition) is 0. The van der Waals surface area contributed by atoms with Gasteiger partial charge in [0.2, 0.25) is 0 Å². The maximum atomic E-state index is 6.10. The highest BCUT2D eigenvalue weighted by molar-refractivity contribution is 6.18. The van der Waals surface area contributed by atoms with E-state index in [9.17, 15) is 0 Å². The molecule has 0 spiro atoms. The van der Waals surface area contributed by atoms with E-state index in [1.165, 1.54) is 5.56 Å². The molecule has 100 valence electrons. The standard InChI is InChI=1S/C15H21ClO2/c16-12-15(7-4-9-18-13-15)8-10-17-11-14-5-2-1-3-6-14/h1-3,5-6H,4,7-13H2. The summed E-state index contributed by atoms with van der Waals surface area (Å²) < 4.78 is 11.3. The topological polar surface area (TPSA) is 18.5 Å². The third-order valence-corrected chi connectivity index (χ3v) is 4.14. The SMILES string of the molecule is ClCC1(CCOCc2ccccc2)CCCOC1. The Balaban J connectivity index is 1.71. The molecule has 3 heteroatoms. The van der Waals surface area contributed by atoms with E-state index < -0.39 is 0 Å². The van der Waals surface area contributed by atoms with Gasteiger partial charge in [0.05, 0.1) is 13.2 Å². The van der Waals surface area contributed by atoms with Crippen molar-refractivity contribution in [3.8, 4) is 0 Å². The third-order valence-electron chi connectivity index (χ3n) is 3.58. The van der Waals surface area contributed by atoms with Crippen LogP contribution in [-0.2, 0) is 16.1 Å². The van der Waals surface area contributed by atoms with Crippen LogP contribution in [0.3, 0.4) is 0 Å². The molecule has 0 aliphatic carbocycles. The van der Waals surface area contributed by atoms with Crippen LogP contribution >= 0.6 is 11.6 Å². The highest BCUT2D eigenvalue weighted by Crippen LogP contribution is 2.33. The van der Waals surface area contributed by atoms with Gasteiger partial charge in [0.25, 0.3) is 0 Å². The van der Waals surface area contributed by atoms with Gasteiger partial charge in [-0.1, -0.05) is 30.3 Å². The van der Waals surface area contributed by atoms with Gasteiger partial charge in [-0.25, -0.2) is 0 Å². The molecule has 1 saturated heterocycles. The van der Waals surface area contributed by atoms with Gasteiger partial charge in [0.1, 0.15) is 0 Å². The first-order valence-corrected chi connectivity index (χ1v) is 7.13. The molecule has 0 N–H and O–H groups in total. The van der Waals surface area contributed by atoms with Crippen LogP contribution < -0.4 is 0 Å². The first-order chi connectivity index (χ1) is 8.85. The summed E-state index contributed by atoms with van der Waals surface area (Å²) in [6.07, 6.45) is 3.26. The summed E-state index contributed by atoms with van der Waals surface area (Å²) in [4.78, 5) is 0. The van der Waals surface area contributed by atoms with Crippen molar-refractivity contribution in [2.75, 3.05) is 25.7 Å². The molecule has 0 radical (unpaired) electrons. The Kier molecular flexibility index (Phi) is 5.48. The largest absolute Gasteiger partial charge is 0.381 e. The first-order valence-electron chi connectivity index (χ1n) is 6.60. The number of rotatable bonds is 6. The van der Waals surface area contributed by atoms with Crippen molar-refractivity contribution in [3.63, 3.8) is 0 Å². The Bertz CT molecular complexity index is 334. The van der Waals surface area contributed by atoms with Crippen LogP contribution in [0.1, 0.15) is 24.8 Å². The summed E-state index contributed by atoms with van der Waals surface area (Å²) in [5.41, 5.74) is 1.36. The van der Waals surface area contributed by atoms with E-state index in [-0.39, 0.29) is 5.41 Å². The fourth-order valence-electron chi connectivity index (χ4n) is 2.33. The molecule has 1 atom stereocenters. The zero-order valence-electron chi connectivity index (χ0n) is 10.7. The Morgan fingerprint density at radius 2 is 2.11 bits per heavy atom. The van der Waals surface area contributed by atoms with E-state index in [2.05, 4.69) is 12.1 Å². The van der Waals surface area contributed by atoms with Crippen molar-refractivity contribution in [1.82, 2.24) is 0 Å². The molecule has 1 aliphatic rings. The number of halogens is 1. The van der Waals surface area contributed by atoms with Crippen LogP contribution in [0.5, 0.6) is 0 Å². The molecule has 1 fully saturated rings. The lowest BCUT2D eigenvalue weighted by molar-refractivity contribution is -0.0176. The van der Waals surface area contributed by atoms with Crippen molar-refractivity contribution in [2.24, 2.45) is 5.41 Å². The highest BCUT2D eigenvalue weighted by Gasteiger charge is 2.31. The van der Waals surface area contributed by atoms with Crippen molar-refractivity contribution in [2.45, 2.75) is 25.9 Å². The summed E-state index contributed by atoms with van der Waals surface area (Å²) in [7, 11) is 0. The Labute approximate surface area is 114 Å². The van der Waals surface area contributed by atoms with Crippen molar-refractivity contribution in [1.29, 1.82) is 0 Å². The van der Waals surface area contributed by atoms with Crippen molar-refractivity contribution in [3.05, 3.63) is 35.9 Å². The second-order valence-corrected chi connectivity index (χ2v) is 5.35. The van der Waals surface area contributed by atoms with Gasteiger partial charge in [0.15, 0.2) is 0 Å². The smallest absolute Gasteiger partial charge is 0.0716 e. The van der Waals surface area contributed by atoms with Gasteiger partial charge in [0, 0.05) is 24.5 Å². The second-order valence-electron chi connectivity index (χ2n) is 5.08. The Morgan fingerprint density at radius 3 is 2.78 bits per heavy atom. The van der Waals surface area contributed by atoms with Crippen LogP contribution in [0.2, 0.25) is 0 Å². The molecule has 1 unspecified atom stereocenters. The van der Waals surface area contributed by atoms with E-state index in [0.29, 0.717) is 12.5 Å². The maximum absolute atomic E-state index is 6.10. The van der Waals surface area contributed by atoms with Gasteiger partial charge in [-0.15, -0.1) is 11.6 Å². The van der Waals surface area contributed by atoms with Gasteiger partial charge < -0.3 is 9.47 Å². The number of hydrogen-bond acceptors (Lipinski definition) is 2. The molecule has 18 heavy (non-hydrogen) atoms. The molecule has 2 nitrogen and oxygen atoms in total. The predicted molar refractivity (Wildman–Crippen MR) is 73.9 cm³/mol. The van der Waals surface area contributed by atoms with E-state index >= 15 is 0 Å². The van der Waals surface area contributed by atoms with E-state index in [0.717, 1.165) is 39.1 Å². The zero-order valence-corrected chi connectivity index (χ0v) is 11.5. The predicted octanol–water partition coefficient (Wildman–Crippen LogP) is 3.63. The fraction of sp³-hybridized carbons (Fsp3) is 0.600. The summed E-state index contributed by atoms with van der Waals surface area (Å²) in [6, 6.07) is 10.3. The molecule has 0 bridgehead atoms. The quantitative estimate of drug-likeness (QED) is 0.579. The van der Waals surface area contributed by atoms with E-state index in [1.807, 2.05) is 18.2 Å². The molecule has 1 heterocycles. The fourth-order valence-corrected chi connectivity index (χ4v) is 2.68. The summed E-state index contributed by atoms with van der Waals surface area (Å²) in [6.45, 7) is 3.10. The minimum Gasteiger partial charge on any atom is -0.381 e. The van der Waals surface area contributed by atoms with Crippen LogP contribution in [0.15, 0.2) is 30.3 Å². The monoisotopic (exact) mass is 268 g/mol. The van der Waals surface area contributed by atoms with Crippen molar-refractivity contribution < 1.29 is 9.47 Å².